The molecule has 0 saturated heterocycles. The van der Waals surface area contributed by atoms with Gasteiger partial charge in [0.15, 0.2) is 0 Å². The normalized spacial score (nSPS) is 21.6. The van der Waals surface area contributed by atoms with E-state index < -0.39 is 0 Å². The van der Waals surface area contributed by atoms with Gasteiger partial charge >= 0.3 is 0 Å². The van der Waals surface area contributed by atoms with Gasteiger partial charge in [0.2, 0.25) is 0 Å². The van der Waals surface area contributed by atoms with Crippen LogP contribution >= 0.6 is 22.6 Å². The van der Waals surface area contributed by atoms with Gasteiger partial charge in [-0.3, -0.25) is 9.52 Å². The van der Waals surface area contributed by atoms with Crippen LogP contribution in [0.3, 0.4) is 0 Å². The average molecular weight is 311 g/mol. The summed E-state index contributed by atoms with van der Waals surface area (Å²) in [5.74, 6) is 1.21. The molecule has 1 aromatic carbocycles. The van der Waals surface area contributed by atoms with Crippen molar-refractivity contribution in [1.29, 1.82) is 0 Å². The molecular formula is C15H21NO2S2. The topological polar surface area (TPSA) is 38.3 Å². The summed E-state index contributed by atoms with van der Waals surface area (Å²) in [6, 6.07) is 8.37. The second-order valence-electron chi connectivity index (χ2n) is 5.56. The van der Waals surface area contributed by atoms with Crippen LogP contribution in [0.4, 0.5) is 0 Å². The number of hydrogen-bond acceptors (Lipinski definition) is 5. The molecule has 0 heterocycles. The molecule has 20 heavy (non-hydrogen) atoms. The monoisotopic (exact) mass is 311 g/mol. The lowest BCUT2D eigenvalue weighted by Gasteiger charge is -2.35. The van der Waals surface area contributed by atoms with Gasteiger partial charge in [0, 0.05) is 31.2 Å². The van der Waals surface area contributed by atoms with E-state index in [1.807, 2.05) is 38.1 Å². The van der Waals surface area contributed by atoms with Gasteiger partial charge < -0.3 is 4.74 Å². The van der Waals surface area contributed by atoms with Crippen LogP contribution in [0.1, 0.15) is 32.3 Å². The lowest BCUT2D eigenvalue weighted by atomic mass is 9.90. The summed E-state index contributed by atoms with van der Waals surface area (Å²) in [6.45, 7) is 3.87. The molecule has 110 valence electrons. The van der Waals surface area contributed by atoms with Crippen LogP contribution in [0.15, 0.2) is 24.3 Å². The van der Waals surface area contributed by atoms with Crippen LogP contribution in [-0.2, 0) is 11.2 Å². The summed E-state index contributed by atoms with van der Waals surface area (Å²) in [6.07, 6.45) is 2.76. The molecule has 0 amide bonds. The summed E-state index contributed by atoms with van der Waals surface area (Å²) in [7, 11) is 1.36. The van der Waals surface area contributed by atoms with Crippen molar-refractivity contribution in [2.24, 2.45) is 5.92 Å². The van der Waals surface area contributed by atoms with E-state index in [0.717, 1.165) is 24.2 Å². The fourth-order valence-electron chi connectivity index (χ4n) is 2.16. The number of ether oxygens (including phenoxy) is 1. The summed E-state index contributed by atoms with van der Waals surface area (Å²) in [5, 5.41) is 0. The average Bonchev–Trinajstić information content (AvgIpc) is 2.36. The molecule has 3 nitrogen and oxygen atoms in total. The molecule has 5 heteroatoms. The molecule has 0 aromatic heterocycles. The third kappa shape index (κ3) is 4.43. The number of nitrogens with one attached hydrogen (secondary N) is 1. The van der Waals surface area contributed by atoms with Crippen molar-refractivity contribution in [1.82, 2.24) is 4.72 Å². The van der Waals surface area contributed by atoms with Crippen molar-refractivity contribution in [2.45, 2.75) is 45.3 Å². The van der Waals surface area contributed by atoms with Gasteiger partial charge in [-0.25, -0.2) is 0 Å². The maximum absolute atomic E-state index is 11.8. The molecule has 1 saturated carbocycles. The minimum Gasteiger partial charge on any atom is -0.490 e. The number of carbonyl (C=O) groups is 1. The molecular weight excluding hydrogens is 290 g/mol. The summed E-state index contributed by atoms with van der Waals surface area (Å²) < 4.78 is 9.13. The fourth-order valence-corrected chi connectivity index (χ4v) is 2.95. The first-order valence-electron chi connectivity index (χ1n) is 6.92. The Morgan fingerprint density at radius 2 is 2.25 bits per heavy atom. The number of carbonyl (C=O) groups excluding carboxylic acids is 1. The van der Waals surface area contributed by atoms with Crippen molar-refractivity contribution >= 4 is 28.4 Å². The van der Waals surface area contributed by atoms with E-state index in [1.54, 1.807) is 0 Å². The first-order valence-corrected chi connectivity index (χ1v) is 8.79. The van der Waals surface area contributed by atoms with Gasteiger partial charge in [-0.2, -0.15) is 0 Å². The molecule has 0 radical (unpaired) electrons. The van der Waals surface area contributed by atoms with Crippen LogP contribution in [0.25, 0.3) is 0 Å². The Kier molecular flexibility index (Phi) is 5.81. The zero-order valence-corrected chi connectivity index (χ0v) is 13.5. The minimum absolute atomic E-state index is 0.0803. The zero-order valence-electron chi connectivity index (χ0n) is 11.8. The van der Waals surface area contributed by atoms with Crippen LogP contribution in [0.2, 0.25) is 0 Å². The zero-order chi connectivity index (χ0) is 14.5. The lowest BCUT2D eigenvalue weighted by molar-refractivity contribution is -0.121. The highest BCUT2D eigenvalue weighted by atomic mass is 33.1. The number of ketones is 1. The van der Waals surface area contributed by atoms with Crippen LogP contribution < -0.4 is 9.46 Å². The Morgan fingerprint density at radius 1 is 1.50 bits per heavy atom. The molecule has 0 atom stereocenters. The molecule has 1 aromatic rings. The molecule has 1 N–H and O–H groups in total. The lowest BCUT2D eigenvalue weighted by Crippen LogP contribution is -2.44. The van der Waals surface area contributed by atoms with Gasteiger partial charge in [-0.15, -0.1) is 0 Å². The van der Waals surface area contributed by atoms with Gasteiger partial charge in [0.1, 0.15) is 17.6 Å². The number of benzene rings is 1. The predicted molar refractivity (Wildman–Crippen MR) is 87.1 cm³/mol. The first-order chi connectivity index (χ1) is 9.58. The van der Waals surface area contributed by atoms with Crippen LogP contribution in [0.5, 0.6) is 5.75 Å². The Bertz CT molecular complexity index is 459. The van der Waals surface area contributed by atoms with Crippen molar-refractivity contribution in [3.05, 3.63) is 29.8 Å². The fraction of sp³-hybridized carbons (Fsp3) is 0.533. The number of Topliss-reactive ketones (excluding diaryl/α,β-unsaturated/α-hetero) is 1. The Morgan fingerprint density at radius 3 is 2.90 bits per heavy atom. The molecule has 0 bridgehead atoms. The SMILES string of the molecule is CC(C)C(=O)Cc1cccc(OC2CC(NSS)C2)c1. The van der Waals surface area contributed by atoms with Gasteiger partial charge in [0.25, 0.3) is 0 Å². The first kappa shape index (κ1) is 15.7. The van der Waals surface area contributed by atoms with E-state index in [9.17, 15) is 4.79 Å². The van der Waals surface area contributed by atoms with E-state index in [1.165, 1.54) is 11.0 Å². The third-order valence-electron chi connectivity index (χ3n) is 3.54. The molecule has 0 spiro atoms. The van der Waals surface area contributed by atoms with E-state index in [-0.39, 0.29) is 17.8 Å². The highest BCUT2D eigenvalue weighted by molar-refractivity contribution is 8.67. The quantitative estimate of drug-likeness (QED) is 0.459. The summed E-state index contributed by atoms with van der Waals surface area (Å²) in [4.78, 5) is 11.8. The predicted octanol–water partition coefficient (Wildman–Crippen LogP) is 3.45. The van der Waals surface area contributed by atoms with Crippen molar-refractivity contribution in [3.63, 3.8) is 0 Å². The summed E-state index contributed by atoms with van der Waals surface area (Å²) in [5.41, 5.74) is 1.03. The molecule has 1 fully saturated rings. The second kappa shape index (κ2) is 7.38. The minimum atomic E-state index is 0.0803. The highest BCUT2D eigenvalue weighted by Gasteiger charge is 2.30. The third-order valence-corrected chi connectivity index (χ3v) is 4.29. The smallest absolute Gasteiger partial charge is 0.139 e. The summed E-state index contributed by atoms with van der Waals surface area (Å²) >= 11 is 4.07. The highest BCUT2D eigenvalue weighted by Crippen LogP contribution is 2.28. The van der Waals surface area contributed by atoms with Gasteiger partial charge in [-0.05, 0) is 28.7 Å². The second-order valence-corrected chi connectivity index (χ2v) is 6.53. The molecule has 0 unspecified atom stereocenters. The van der Waals surface area contributed by atoms with Crippen LogP contribution in [0, 0.1) is 5.92 Å². The van der Waals surface area contributed by atoms with Gasteiger partial charge in [0.05, 0.1) is 0 Å². The standard InChI is InChI=1S/C15H21NO2S2/c1-10(2)15(17)7-11-4-3-5-13(6-11)18-14-8-12(9-14)16-20-19/h3-6,10,12,14,16,19H,7-9H2,1-2H3. The largest absolute Gasteiger partial charge is 0.490 e. The Hall–Kier alpha value is -0.650. The molecule has 0 aliphatic heterocycles. The van der Waals surface area contributed by atoms with E-state index in [4.69, 9.17) is 4.74 Å². The number of hydrogen-bond donors (Lipinski definition) is 2. The van der Waals surface area contributed by atoms with Crippen molar-refractivity contribution in [2.75, 3.05) is 0 Å². The van der Waals surface area contributed by atoms with E-state index >= 15 is 0 Å². The van der Waals surface area contributed by atoms with Crippen LogP contribution in [-0.4, -0.2) is 17.9 Å². The molecule has 1 aliphatic carbocycles. The molecule has 2 rings (SSSR count). The maximum Gasteiger partial charge on any atom is 0.139 e. The van der Waals surface area contributed by atoms with E-state index in [2.05, 4.69) is 16.4 Å². The van der Waals surface area contributed by atoms with E-state index in [0.29, 0.717) is 12.5 Å². The maximum atomic E-state index is 11.8. The Labute approximate surface area is 129 Å². The molecule has 1 aliphatic rings. The van der Waals surface area contributed by atoms with Gasteiger partial charge in [-0.1, -0.05) is 37.6 Å². The number of rotatable bonds is 7. The Balaban J connectivity index is 1.86. The van der Waals surface area contributed by atoms with Crippen molar-refractivity contribution in [3.8, 4) is 5.75 Å². The van der Waals surface area contributed by atoms with Crippen molar-refractivity contribution < 1.29 is 9.53 Å². The number of thiol groups is 1.